The van der Waals surface area contributed by atoms with Gasteiger partial charge in [-0.1, -0.05) is 11.2 Å². The number of rotatable bonds is 3. The summed E-state index contributed by atoms with van der Waals surface area (Å²) in [6.45, 7) is 0. The highest BCUT2D eigenvalue weighted by molar-refractivity contribution is 6.11. The fourth-order valence-electron chi connectivity index (χ4n) is 1.92. The standard InChI is InChI=1S/C12H11N7O2/c13-10(18-21)8-5-14-17-11(8)16-12(20)7-6-15-19-4-2-1-3-9(7)19/h1-6,21H,(H2,13,18)(H2,14,16,17,20). The monoisotopic (exact) mass is 285 g/mol. The minimum Gasteiger partial charge on any atom is -0.409 e. The third-order valence-corrected chi connectivity index (χ3v) is 2.93. The van der Waals surface area contributed by atoms with E-state index in [4.69, 9.17) is 10.9 Å². The first-order valence-corrected chi connectivity index (χ1v) is 5.95. The summed E-state index contributed by atoms with van der Waals surface area (Å²) in [7, 11) is 0. The Hall–Kier alpha value is -3.36. The molecule has 0 aromatic carbocycles. The number of amides is 1. The summed E-state index contributed by atoms with van der Waals surface area (Å²) < 4.78 is 1.59. The maximum Gasteiger partial charge on any atom is 0.260 e. The lowest BCUT2D eigenvalue weighted by molar-refractivity contribution is 0.102. The first kappa shape index (κ1) is 12.7. The second kappa shape index (κ2) is 4.96. The van der Waals surface area contributed by atoms with Gasteiger partial charge in [0.15, 0.2) is 5.84 Å². The maximum absolute atomic E-state index is 12.3. The number of fused-ring (bicyclic) bond motifs is 1. The van der Waals surface area contributed by atoms with E-state index in [1.165, 1.54) is 12.4 Å². The summed E-state index contributed by atoms with van der Waals surface area (Å²) in [6, 6.07) is 5.40. The molecule has 0 aliphatic rings. The summed E-state index contributed by atoms with van der Waals surface area (Å²) in [5, 5.41) is 24.6. The van der Waals surface area contributed by atoms with E-state index >= 15 is 0 Å². The van der Waals surface area contributed by atoms with Gasteiger partial charge in [0.05, 0.1) is 29.0 Å². The zero-order chi connectivity index (χ0) is 14.8. The lowest BCUT2D eigenvalue weighted by Gasteiger charge is -2.03. The number of hydrogen-bond donors (Lipinski definition) is 4. The molecule has 106 valence electrons. The Morgan fingerprint density at radius 3 is 3.05 bits per heavy atom. The molecular formula is C12H11N7O2. The van der Waals surface area contributed by atoms with Crippen LogP contribution in [0.1, 0.15) is 15.9 Å². The van der Waals surface area contributed by atoms with Crippen molar-refractivity contribution in [2.24, 2.45) is 10.9 Å². The molecule has 0 atom stereocenters. The Morgan fingerprint density at radius 2 is 2.24 bits per heavy atom. The molecule has 21 heavy (non-hydrogen) atoms. The van der Waals surface area contributed by atoms with Crippen LogP contribution in [0.25, 0.3) is 5.52 Å². The van der Waals surface area contributed by atoms with Crippen LogP contribution in [0.5, 0.6) is 0 Å². The highest BCUT2D eigenvalue weighted by atomic mass is 16.4. The van der Waals surface area contributed by atoms with Gasteiger partial charge >= 0.3 is 0 Å². The van der Waals surface area contributed by atoms with Crippen LogP contribution >= 0.6 is 0 Å². The highest BCUT2D eigenvalue weighted by Crippen LogP contribution is 2.15. The van der Waals surface area contributed by atoms with Crippen molar-refractivity contribution < 1.29 is 10.0 Å². The minimum atomic E-state index is -0.382. The molecule has 1 amide bonds. The van der Waals surface area contributed by atoms with Gasteiger partial charge in [0, 0.05) is 6.20 Å². The van der Waals surface area contributed by atoms with Gasteiger partial charge in [-0.2, -0.15) is 10.2 Å². The molecule has 3 heterocycles. The molecule has 0 unspecified atom stereocenters. The number of carbonyl (C=O) groups is 1. The Bertz CT molecular complexity index is 833. The van der Waals surface area contributed by atoms with Gasteiger partial charge in [0.1, 0.15) is 5.82 Å². The van der Waals surface area contributed by atoms with Crippen LogP contribution in [-0.4, -0.2) is 36.8 Å². The molecule has 0 aliphatic carbocycles. The topological polar surface area (TPSA) is 134 Å². The molecule has 9 heteroatoms. The molecule has 0 bridgehead atoms. The molecule has 0 radical (unpaired) electrons. The predicted octanol–water partition coefficient (Wildman–Crippen LogP) is 0.404. The highest BCUT2D eigenvalue weighted by Gasteiger charge is 2.16. The molecule has 0 spiro atoms. The van der Waals surface area contributed by atoms with Crippen LogP contribution in [0.4, 0.5) is 5.82 Å². The smallest absolute Gasteiger partial charge is 0.260 e. The number of nitrogens with zero attached hydrogens (tertiary/aromatic N) is 4. The molecule has 0 saturated carbocycles. The normalized spacial score (nSPS) is 11.7. The first-order chi connectivity index (χ1) is 10.2. The first-order valence-electron chi connectivity index (χ1n) is 5.95. The Kier molecular flexibility index (Phi) is 2.99. The number of nitrogens with one attached hydrogen (secondary N) is 2. The number of aromatic nitrogens is 4. The van der Waals surface area contributed by atoms with Gasteiger partial charge in [-0.25, -0.2) is 4.52 Å². The van der Waals surface area contributed by atoms with E-state index in [2.05, 4.69) is 25.8 Å². The molecule has 3 aromatic heterocycles. The number of nitrogens with two attached hydrogens (primary N) is 1. The third kappa shape index (κ3) is 2.16. The zero-order valence-corrected chi connectivity index (χ0v) is 10.7. The van der Waals surface area contributed by atoms with Crippen molar-refractivity contribution in [3.05, 3.63) is 47.9 Å². The minimum absolute atomic E-state index is 0.154. The van der Waals surface area contributed by atoms with E-state index in [1.807, 2.05) is 12.1 Å². The second-order valence-electron chi connectivity index (χ2n) is 4.19. The third-order valence-electron chi connectivity index (χ3n) is 2.93. The number of pyridine rings is 1. The van der Waals surface area contributed by atoms with Crippen LogP contribution in [0.3, 0.4) is 0 Å². The average Bonchev–Trinajstić information content (AvgIpc) is 3.12. The van der Waals surface area contributed by atoms with E-state index in [0.717, 1.165) is 0 Å². The largest absolute Gasteiger partial charge is 0.409 e. The van der Waals surface area contributed by atoms with Crippen molar-refractivity contribution in [1.29, 1.82) is 0 Å². The fourth-order valence-corrected chi connectivity index (χ4v) is 1.92. The molecule has 5 N–H and O–H groups in total. The van der Waals surface area contributed by atoms with Gasteiger partial charge in [-0.15, -0.1) is 0 Å². The van der Waals surface area contributed by atoms with E-state index < -0.39 is 0 Å². The van der Waals surface area contributed by atoms with Crippen molar-refractivity contribution in [2.75, 3.05) is 5.32 Å². The van der Waals surface area contributed by atoms with Gasteiger partial charge < -0.3 is 16.3 Å². The van der Waals surface area contributed by atoms with Crippen LogP contribution in [0, 0.1) is 0 Å². The second-order valence-corrected chi connectivity index (χ2v) is 4.19. The van der Waals surface area contributed by atoms with Crippen molar-refractivity contribution in [1.82, 2.24) is 19.8 Å². The van der Waals surface area contributed by atoms with Crippen molar-refractivity contribution in [2.45, 2.75) is 0 Å². The molecule has 3 rings (SSSR count). The summed E-state index contributed by atoms with van der Waals surface area (Å²) >= 11 is 0. The van der Waals surface area contributed by atoms with Gasteiger partial charge in [0.2, 0.25) is 0 Å². The van der Waals surface area contributed by atoms with Crippen molar-refractivity contribution in [3.8, 4) is 0 Å². The van der Waals surface area contributed by atoms with Gasteiger partial charge in [-0.3, -0.25) is 9.89 Å². The number of oxime groups is 1. The van der Waals surface area contributed by atoms with Gasteiger partial charge in [0.25, 0.3) is 5.91 Å². The number of hydrogen-bond acceptors (Lipinski definition) is 5. The van der Waals surface area contributed by atoms with Crippen LogP contribution < -0.4 is 11.1 Å². The Morgan fingerprint density at radius 1 is 1.38 bits per heavy atom. The summed E-state index contributed by atoms with van der Waals surface area (Å²) in [4.78, 5) is 12.3. The number of H-pyrrole nitrogens is 1. The molecular weight excluding hydrogens is 274 g/mol. The van der Waals surface area contributed by atoms with E-state index in [1.54, 1.807) is 16.8 Å². The quantitative estimate of drug-likeness (QED) is 0.239. The maximum atomic E-state index is 12.3. The van der Waals surface area contributed by atoms with Crippen molar-refractivity contribution in [3.63, 3.8) is 0 Å². The fraction of sp³-hybridized carbons (Fsp3) is 0. The molecule has 0 aliphatic heterocycles. The Labute approximate surface area is 118 Å². The molecule has 3 aromatic rings. The number of aromatic amines is 1. The summed E-state index contributed by atoms with van der Waals surface area (Å²) in [5.41, 5.74) is 6.86. The summed E-state index contributed by atoms with van der Waals surface area (Å²) in [6.07, 6.45) is 4.55. The zero-order valence-electron chi connectivity index (χ0n) is 10.7. The Balaban J connectivity index is 1.92. The SMILES string of the molecule is N/C(=N/O)c1cn[nH]c1NC(=O)c1cnn2ccccc12. The number of amidine groups is 1. The molecule has 9 nitrogen and oxygen atoms in total. The number of anilines is 1. The van der Waals surface area contributed by atoms with Crippen LogP contribution in [0.15, 0.2) is 41.9 Å². The van der Waals surface area contributed by atoms with Crippen LogP contribution in [0.2, 0.25) is 0 Å². The van der Waals surface area contributed by atoms with E-state index in [-0.39, 0.29) is 17.6 Å². The molecule has 0 saturated heterocycles. The van der Waals surface area contributed by atoms with E-state index in [9.17, 15) is 4.79 Å². The van der Waals surface area contributed by atoms with Crippen LogP contribution in [-0.2, 0) is 0 Å². The van der Waals surface area contributed by atoms with Crippen molar-refractivity contribution >= 4 is 23.1 Å². The number of carbonyl (C=O) groups excluding carboxylic acids is 1. The predicted molar refractivity (Wildman–Crippen MR) is 74.2 cm³/mol. The van der Waals surface area contributed by atoms with Gasteiger partial charge in [-0.05, 0) is 12.1 Å². The lowest BCUT2D eigenvalue weighted by Crippen LogP contribution is -2.18. The lowest BCUT2D eigenvalue weighted by atomic mass is 10.2. The molecule has 0 fully saturated rings. The van der Waals surface area contributed by atoms with E-state index in [0.29, 0.717) is 16.6 Å². The summed E-state index contributed by atoms with van der Waals surface area (Å²) in [5.74, 6) is -0.295. The average molecular weight is 285 g/mol.